The van der Waals surface area contributed by atoms with Gasteiger partial charge in [0.05, 0.1) is 6.54 Å². The number of aromatic nitrogens is 1. The second-order valence-corrected chi connectivity index (χ2v) is 2.27. The van der Waals surface area contributed by atoms with Crippen molar-refractivity contribution < 1.29 is 4.79 Å². The SMILES string of the molecule is CC(=O)CNc1ccccn1. The van der Waals surface area contributed by atoms with Crippen LogP contribution in [0.1, 0.15) is 6.92 Å². The van der Waals surface area contributed by atoms with Crippen molar-refractivity contribution in [3.63, 3.8) is 0 Å². The Hall–Kier alpha value is -1.38. The van der Waals surface area contributed by atoms with E-state index in [0.29, 0.717) is 6.54 Å². The third-order valence-electron chi connectivity index (χ3n) is 1.18. The van der Waals surface area contributed by atoms with E-state index in [0.717, 1.165) is 5.82 Å². The van der Waals surface area contributed by atoms with Gasteiger partial charge in [-0.25, -0.2) is 4.98 Å². The number of rotatable bonds is 3. The van der Waals surface area contributed by atoms with Gasteiger partial charge in [-0.3, -0.25) is 4.79 Å². The number of ketones is 1. The molecule has 1 aromatic heterocycles. The van der Waals surface area contributed by atoms with Crippen LogP contribution < -0.4 is 5.32 Å². The highest BCUT2D eigenvalue weighted by Crippen LogP contribution is 1.97. The summed E-state index contributed by atoms with van der Waals surface area (Å²) < 4.78 is 0. The molecule has 58 valence electrons. The lowest BCUT2D eigenvalue weighted by Gasteiger charge is -2.00. The number of pyridine rings is 1. The Kier molecular flexibility index (Phi) is 2.60. The van der Waals surface area contributed by atoms with Gasteiger partial charge in [0.1, 0.15) is 11.6 Å². The molecule has 0 saturated carbocycles. The molecule has 0 aliphatic heterocycles. The van der Waals surface area contributed by atoms with Gasteiger partial charge in [0.2, 0.25) is 0 Å². The second-order valence-electron chi connectivity index (χ2n) is 2.27. The van der Waals surface area contributed by atoms with Crippen LogP contribution in [0.25, 0.3) is 0 Å². The number of nitrogens with one attached hydrogen (secondary N) is 1. The van der Waals surface area contributed by atoms with Crippen LogP contribution in [0, 0.1) is 0 Å². The van der Waals surface area contributed by atoms with E-state index >= 15 is 0 Å². The van der Waals surface area contributed by atoms with E-state index in [-0.39, 0.29) is 5.78 Å². The molecule has 1 heterocycles. The van der Waals surface area contributed by atoms with E-state index in [1.807, 2.05) is 18.2 Å². The van der Waals surface area contributed by atoms with Crippen LogP contribution in [0.2, 0.25) is 0 Å². The lowest BCUT2D eigenvalue weighted by Crippen LogP contribution is -2.10. The topological polar surface area (TPSA) is 42.0 Å². The third kappa shape index (κ3) is 2.80. The average molecular weight is 150 g/mol. The van der Waals surface area contributed by atoms with E-state index in [4.69, 9.17) is 0 Å². The van der Waals surface area contributed by atoms with Crippen LogP contribution >= 0.6 is 0 Å². The summed E-state index contributed by atoms with van der Waals surface area (Å²) in [7, 11) is 0. The summed E-state index contributed by atoms with van der Waals surface area (Å²) in [4.78, 5) is 14.5. The number of anilines is 1. The lowest BCUT2D eigenvalue weighted by atomic mass is 10.4. The predicted molar refractivity (Wildman–Crippen MR) is 43.4 cm³/mol. The predicted octanol–water partition coefficient (Wildman–Crippen LogP) is 1.08. The first-order chi connectivity index (χ1) is 5.29. The zero-order chi connectivity index (χ0) is 8.10. The molecule has 0 radical (unpaired) electrons. The van der Waals surface area contributed by atoms with Crippen molar-refractivity contribution in [3.05, 3.63) is 24.4 Å². The molecule has 0 unspecified atom stereocenters. The zero-order valence-electron chi connectivity index (χ0n) is 6.37. The lowest BCUT2D eigenvalue weighted by molar-refractivity contribution is -0.115. The fourth-order valence-electron chi connectivity index (χ4n) is 0.682. The van der Waals surface area contributed by atoms with Crippen molar-refractivity contribution in [2.75, 3.05) is 11.9 Å². The maximum atomic E-state index is 10.5. The average Bonchev–Trinajstić information content (AvgIpc) is 2.03. The summed E-state index contributed by atoms with van der Waals surface area (Å²) in [5.41, 5.74) is 0. The highest BCUT2D eigenvalue weighted by atomic mass is 16.1. The summed E-state index contributed by atoms with van der Waals surface area (Å²) in [6.07, 6.45) is 1.68. The summed E-state index contributed by atoms with van der Waals surface area (Å²) in [6, 6.07) is 5.53. The largest absolute Gasteiger partial charge is 0.363 e. The summed E-state index contributed by atoms with van der Waals surface area (Å²) >= 11 is 0. The molecule has 0 spiro atoms. The van der Waals surface area contributed by atoms with Crippen molar-refractivity contribution in [2.45, 2.75) is 6.92 Å². The van der Waals surface area contributed by atoms with E-state index in [9.17, 15) is 4.79 Å². The van der Waals surface area contributed by atoms with Crippen molar-refractivity contribution in [2.24, 2.45) is 0 Å². The molecular formula is C8H10N2O. The summed E-state index contributed by atoms with van der Waals surface area (Å²) in [5, 5.41) is 2.88. The Labute approximate surface area is 65.5 Å². The van der Waals surface area contributed by atoms with Crippen molar-refractivity contribution in [3.8, 4) is 0 Å². The fourth-order valence-corrected chi connectivity index (χ4v) is 0.682. The molecule has 0 saturated heterocycles. The molecule has 0 aliphatic carbocycles. The number of Topliss-reactive ketones (excluding diaryl/α,β-unsaturated/α-hetero) is 1. The first kappa shape index (κ1) is 7.72. The fraction of sp³-hybridized carbons (Fsp3) is 0.250. The first-order valence-corrected chi connectivity index (χ1v) is 3.43. The van der Waals surface area contributed by atoms with Gasteiger partial charge in [-0.2, -0.15) is 0 Å². The highest BCUT2D eigenvalue weighted by molar-refractivity contribution is 5.79. The summed E-state index contributed by atoms with van der Waals surface area (Å²) in [5.74, 6) is 0.846. The van der Waals surface area contributed by atoms with Gasteiger partial charge < -0.3 is 5.32 Å². The maximum Gasteiger partial charge on any atom is 0.148 e. The van der Waals surface area contributed by atoms with Gasteiger partial charge in [-0.05, 0) is 19.1 Å². The molecule has 1 N–H and O–H groups in total. The second kappa shape index (κ2) is 3.71. The van der Waals surface area contributed by atoms with Crippen molar-refractivity contribution in [1.82, 2.24) is 4.98 Å². The molecule has 1 rings (SSSR count). The molecule has 0 amide bonds. The maximum absolute atomic E-state index is 10.5. The van der Waals surface area contributed by atoms with Crippen LogP contribution in [0.3, 0.4) is 0 Å². The monoisotopic (exact) mass is 150 g/mol. The van der Waals surface area contributed by atoms with Gasteiger partial charge in [0.25, 0.3) is 0 Å². The quantitative estimate of drug-likeness (QED) is 0.701. The van der Waals surface area contributed by atoms with Crippen molar-refractivity contribution in [1.29, 1.82) is 0 Å². The van der Waals surface area contributed by atoms with Gasteiger partial charge in [0.15, 0.2) is 0 Å². The Bertz CT molecular complexity index is 233. The zero-order valence-corrected chi connectivity index (χ0v) is 6.37. The summed E-state index contributed by atoms with van der Waals surface area (Å²) in [6.45, 7) is 1.88. The van der Waals surface area contributed by atoms with Crippen LogP contribution in [0.5, 0.6) is 0 Å². The standard InChI is InChI=1S/C8H10N2O/c1-7(11)6-10-8-4-2-3-5-9-8/h2-5H,6H2,1H3,(H,9,10). The normalized spacial score (nSPS) is 9.18. The Morgan fingerprint density at radius 3 is 3.00 bits per heavy atom. The van der Waals surface area contributed by atoms with E-state index < -0.39 is 0 Å². The number of hydrogen-bond acceptors (Lipinski definition) is 3. The first-order valence-electron chi connectivity index (χ1n) is 3.43. The molecule has 3 nitrogen and oxygen atoms in total. The minimum Gasteiger partial charge on any atom is -0.363 e. The molecule has 0 bridgehead atoms. The number of carbonyl (C=O) groups excluding carboxylic acids is 1. The third-order valence-corrected chi connectivity index (χ3v) is 1.18. The van der Waals surface area contributed by atoms with Crippen LogP contribution in [0.15, 0.2) is 24.4 Å². The van der Waals surface area contributed by atoms with Gasteiger partial charge in [-0.1, -0.05) is 6.07 Å². The number of hydrogen-bond donors (Lipinski definition) is 1. The van der Waals surface area contributed by atoms with Gasteiger partial charge in [-0.15, -0.1) is 0 Å². The molecule has 1 aromatic rings. The van der Waals surface area contributed by atoms with Crippen LogP contribution in [-0.4, -0.2) is 17.3 Å². The molecule has 0 aromatic carbocycles. The van der Waals surface area contributed by atoms with E-state index in [2.05, 4.69) is 10.3 Å². The minimum atomic E-state index is 0.107. The van der Waals surface area contributed by atoms with Crippen molar-refractivity contribution >= 4 is 11.6 Å². The minimum absolute atomic E-state index is 0.107. The molecule has 0 aliphatic rings. The molecule has 3 heteroatoms. The van der Waals surface area contributed by atoms with Crippen LogP contribution in [-0.2, 0) is 4.79 Å². The molecule has 0 fully saturated rings. The number of nitrogens with zero attached hydrogens (tertiary/aromatic N) is 1. The Morgan fingerprint density at radius 2 is 2.45 bits per heavy atom. The van der Waals surface area contributed by atoms with Gasteiger partial charge >= 0.3 is 0 Å². The van der Waals surface area contributed by atoms with Gasteiger partial charge in [0, 0.05) is 6.20 Å². The Morgan fingerprint density at radius 1 is 1.64 bits per heavy atom. The molecule has 11 heavy (non-hydrogen) atoms. The van der Waals surface area contributed by atoms with E-state index in [1.54, 1.807) is 6.20 Å². The molecular weight excluding hydrogens is 140 g/mol. The van der Waals surface area contributed by atoms with Crippen LogP contribution in [0.4, 0.5) is 5.82 Å². The number of carbonyl (C=O) groups is 1. The Balaban J connectivity index is 2.45. The smallest absolute Gasteiger partial charge is 0.148 e. The van der Waals surface area contributed by atoms with E-state index in [1.165, 1.54) is 6.92 Å². The highest BCUT2D eigenvalue weighted by Gasteiger charge is 1.92. The molecule has 0 atom stereocenters.